The van der Waals surface area contributed by atoms with Gasteiger partial charge in [-0.15, -0.1) is 0 Å². The van der Waals surface area contributed by atoms with Gasteiger partial charge in [-0.3, -0.25) is 29.2 Å². The molecule has 6 heterocycles. The highest BCUT2D eigenvalue weighted by molar-refractivity contribution is 5.97. The molecule has 1 N–H and O–H groups in total. The van der Waals surface area contributed by atoms with Crippen molar-refractivity contribution in [3.8, 4) is 28.5 Å². The topological polar surface area (TPSA) is 142 Å². The fourth-order valence-electron chi connectivity index (χ4n) is 7.04. The normalized spacial score (nSPS) is 18.2. The zero-order valence-electron chi connectivity index (χ0n) is 29.9. The van der Waals surface area contributed by atoms with Crippen LogP contribution in [0, 0.1) is 5.92 Å². The summed E-state index contributed by atoms with van der Waals surface area (Å²) in [5.41, 5.74) is 5.01. The number of pyridine rings is 2. The predicted molar refractivity (Wildman–Crippen MR) is 195 cm³/mol. The van der Waals surface area contributed by atoms with Crippen molar-refractivity contribution in [3.05, 3.63) is 61.1 Å². The number of aromatic amines is 1. The molecule has 266 valence electrons. The number of benzene rings is 1. The molecule has 0 unspecified atom stereocenters. The van der Waals surface area contributed by atoms with E-state index >= 15 is 0 Å². The third kappa shape index (κ3) is 7.27. The van der Waals surface area contributed by atoms with Crippen LogP contribution in [0.1, 0.15) is 34.1 Å². The number of aromatic nitrogens is 7. The van der Waals surface area contributed by atoms with Gasteiger partial charge in [-0.1, -0.05) is 0 Å². The molecule has 2 amide bonds. The maximum absolute atomic E-state index is 13.9. The van der Waals surface area contributed by atoms with Crippen LogP contribution in [0.4, 0.5) is 11.5 Å². The molecule has 1 aromatic carbocycles. The average molecular weight is 692 g/mol. The van der Waals surface area contributed by atoms with Crippen LogP contribution in [0.3, 0.4) is 0 Å². The molecule has 4 aromatic heterocycles. The summed E-state index contributed by atoms with van der Waals surface area (Å²) in [4.78, 5) is 49.2. The van der Waals surface area contributed by atoms with E-state index in [1.165, 1.54) is 0 Å². The minimum absolute atomic E-state index is 0.0213. The van der Waals surface area contributed by atoms with Crippen LogP contribution in [0.15, 0.2) is 61.1 Å². The Morgan fingerprint density at radius 1 is 1.00 bits per heavy atom. The van der Waals surface area contributed by atoms with Crippen molar-refractivity contribution in [2.24, 2.45) is 13.0 Å². The van der Waals surface area contributed by atoms with Gasteiger partial charge in [0.25, 0.3) is 0 Å². The summed E-state index contributed by atoms with van der Waals surface area (Å²) < 4.78 is 7.38. The fraction of sp³-hybridized carbons (Fsp3) is 0.432. The lowest BCUT2D eigenvalue weighted by atomic mass is 10.1. The quantitative estimate of drug-likeness (QED) is 0.228. The van der Waals surface area contributed by atoms with Crippen molar-refractivity contribution in [1.29, 1.82) is 0 Å². The second-order valence-electron chi connectivity index (χ2n) is 13.7. The largest absolute Gasteiger partial charge is 0.475 e. The van der Waals surface area contributed by atoms with Gasteiger partial charge >= 0.3 is 0 Å². The van der Waals surface area contributed by atoms with Crippen LogP contribution < -0.4 is 14.5 Å². The first-order valence-electron chi connectivity index (χ1n) is 17.7. The van der Waals surface area contributed by atoms with E-state index in [9.17, 15) is 9.59 Å². The lowest BCUT2D eigenvalue weighted by Crippen LogP contribution is -2.56. The first-order valence-corrected chi connectivity index (χ1v) is 17.7. The lowest BCUT2D eigenvalue weighted by molar-refractivity contribution is -0.134. The Hall–Kier alpha value is -5.37. The minimum atomic E-state index is -0.213. The molecule has 14 heteroatoms. The van der Waals surface area contributed by atoms with Crippen LogP contribution in [-0.2, 0) is 16.6 Å². The first-order chi connectivity index (χ1) is 24.7. The molecule has 2 aliphatic rings. The number of nitrogens with zero attached hydrogens (tertiary/aromatic N) is 10. The number of anilines is 2. The highest BCUT2D eigenvalue weighted by Gasteiger charge is 2.35. The third-order valence-corrected chi connectivity index (χ3v) is 9.64. The zero-order chi connectivity index (χ0) is 35.6. The van der Waals surface area contributed by atoms with Crippen LogP contribution in [0.5, 0.6) is 5.88 Å². The monoisotopic (exact) mass is 691 g/mol. The van der Waals surface area contributed by atoms with E-state index in [2.05, 4.69) is 54.1 Å². The molecule has 5 aromatic rings. The summed E-state index contributed by atoms with van der Waals surface area (Å²) in [6, 6.07) is 15.8. The van der Waals surface area contributed by atoms with Crippen molar-refractivity contribution < 1.29 is 14.3 Å². The molecule has 2 fully saturated rings. The number of aryl methyl sites for hydroxylation is 1. The molecule has 0 spiro atoms. The minimum Gasteiger partial charge on any atom is -0.475 e. The Morgan fingerprint density at radius 3 is 2.49 bits per heavy atom. The Balaban J connectivity index is 0.949. The van der Waals surface area contributed by atoms with Gasteiger partial charge < -0.3 is 14.5 Å². The Kier molecular flexibility index (Phi) is 9.67. The number of ether oxygens (including phenoxy) is 1. The SMILES string of the molecule is CCN(C(=O)[C@@H]1CCN(CC(=O)N2CCN(c3ccc(-c4ncn(C)n4)cc3)C[C@@H]2C)C1)c1ccc2[nH]nc(-c3ccc(OC(C)C)nc3)c2n1. The van der Waals surface area contributed by atoms with Crippen molar-refractivity contribution in [1.82, 2.24) is 44.7 Å². The highest BCUT2D eigenvalue weighted by Crippen LogP contribution is 2.29. The fourth-order valence-corrected chi connectivity index (χ4v) is 7.04. The Labute approximate surface area is 297 Å². The number of amides is 2. The number of nitrogens with one attached hydrogen (secondary N) is 1. The van der Waals surface area contributed by atoms with Gasteiger partial charge in [-0.25, -0.2) is 15.0 Å². The van der Waals surface area contributed by atoms with Crippen LogP contribution in [0.2, 0.25) is 0 Å². The van der Waals surface area contributed by atoms with Gasteiger partial charge in [-0.05, 0) is 83.1 Å². The molecule has 0 radical (unpaired) electrons. The van der Waals surface area contributed by atoms with Gasteiger partial charge in [0.05, 0.1) is 24.1 Å². The summed E-state index contributed by atoms with van der Waals surface area (Å²) >= 11 is 0. The molecular formula is C37H45N11O3. The third-order valence-electron chi connectivity index (χ3n) is 9.64. The molecule has 7 rings (SSSR count). The van der Waals surface area contributed by atoms with Crippen LogP contribution >= 0.6 is 0 Å². The molecule has 2 aliphatic heterocycles. The highest BCUT2D eigenvalue weighted by atomic mass is 16.5. The van der Waals surface area contributed by atoms with E-state index < -0.39 is 0 Å². The van der Waals surface area contributed by atoms with Crippen molar-refractivity contribution in [2.75, 3.05) is 55.6 Å². The number of likely N-dealkylation sites (tertiary alicyclic amines) is 1. The standard InChI is InChI=1S/C37H45N11O3/c1-6-47(31-13-12-30-35(40-31)34(42-41-30)27-9-14-32(38-19-27)51-24(2)3)37(50)28-15-16-45(21-28)22-33(49)48-18-17-46(20-25(48)4)29-10-7-26(8-11-29)36-39-23-44(5)43-36/h7-14,19,23-25,28H,6,15-18,20-22H2,1-5H3,(H,41,42)/t25-,28+/m0/s1. The number of hydrogen-bond donors (Lipinski definition) is 1. The van der Waals surface area contributed by atoms with E-state index in [0.717, 1.165) is 35.4 Å². The second-order valence-corrected chi connectivity index (χ2v) is 13.7. The first kappa shape index (κ1) is 34.1. The summed E-state index contributed by atoms with van der Waals surface area (Å²) in [5, 5.41) is 11.9. The van der Waals surface area contributed by atoms with E-state index in [-0.39, 0.29) is 29.9 Å². The van der Waals surface area contributed by atoms with Gasteiger partial charge in [0.1, 0.15) is 23.4 Å². The van der Waals surface area contributed by atoms with Gasteiger partial charge in [-0.2, -0.15) is 10.2 Å². The number of carbonyl (C=O) groups excluding carboxylic acids is 2. The number of H-pyrrole nitrogens is 1. The lowest BCUT2D eigenvalue weighted by Gasteiger charge is -2.41. The van der Waals surface area contributed by atoms with Crippen molar-refractivity contribution in [3.63, 3.8) is 0 Å². The Bertz CT molecular complexity index is 1990. The summed E-state index contributed by atoms with van der Waals surface area (Å²) in [5.74, 6) is 1.75. The van der Waals surface area contributed by atoms with E-state index in [4.69, 9.17) is 9.72 Å². The number of fused-ring (bicyclic) bond motifs is 1. The summed E-state index contributed by atoms with van der Waals surface area (Å²) in [6.07, 6.45) is 4.15. The van der Waals surface area contributed by atoms with Gasteiger partial charge in [0.2, 0.25) is 17.7 Å². The predicted octanol–water partition coefficient (Wildman–Crippen LogP) is 4.01. The molecule has 0 saturated carbocycles. The number of piperazine rings is 1. The number of carbonyl (C=O) groups is 2. The maximum atomic E-state index is 13.9. The number of hydrogen-bond acceptors (Lipinski definition) is 10. The van der Waals surface area contributed by atoms with E-state index in [0.29, 0.717) is 67.9 Å². The summed E-state index contributed by atoms with van der Waals surface area (Å²) in [7, 11) is 1.86. The van der Waals surface area contributed by atoms with Crippen LogP contribution in [-0.4, -0.2) is 115 Å². The smallest absolute Gasteiger partial charge is 0.237 e. The van der Waals surface area contributed by atoms with Crippen molar-refractivity contribution in [2.45, 2.75) is 46.3 Å². The molecule has 2 saturated heterocycles. The van der Waals surface area contributed by atoms with E-state index in [1.54, 1.807) is 22.1 Å². The summed E-state index contributed by atoms with van der Waals surface area (Å²) in [6.45, 7) is 12.2. The molecule has 2 atom stereocenters. The zero-order valence-corrected chi connectivity index (χ0v) is 29.9. The van der Waals surface area contributed by atoms with Gasteiger partial charge in [0.15, 0.2) is 5.82 Å². The molecule has 0 bridgehead atoms. The second kappa shape index (κ2) is 14.5. The van der Waals surface area contributed by atoms with E-state index in [1.807, 2.05) is 69.1 Å². The van der Waals surface area contributed by atoms with Gasteiger partial charge in [0, 0.05) is 74.9 Å². The molecule has 0 aliphatic carbocycles. The molecule has 51 heavy (non-hydrogen) atoms. The van der Waals surface area contributed by atoms with Crippen molar-refractivity contribution >= 4 is 34.4 Å². The molecule has 14 nitrogen and oxygen atoms in total. The van der Waals surface area contributed by atoms with Crippen LogP contribution in [0.25, 0.3) is 33.7 Å². The Morgan fingerprint density at radius 2 is 1.80 bits per heavy atom. The average Bonchev–Trinajstić information content (AvgIpc) is 3.89. The number of rotatable bonds is 10. The maximum Gasteiger partial charge on any atom is 0.237 e. The molecular weight excluding hydrogens is 646 g/mol.